The summed E-state index contributed by atoms with van der Waals surface area (Å²) in [5, 5.41) is 14.6. The molecule has 2 aromatic rings. The van der Waals surface area contributed by atoms with Gasteiger partial charge >= 0.3 is 0 Å². The van der Waals surface area contributed by atoms with Crippen LogP contribution in [-0.2, 0) is 6.54 Å². The van der Waals surface area contributed by atoms with Crippen molar-refractivity contribution in [2.24, 2.45) is 0 Å². The van der Waals surface area contributed by atoms with Crippen molar-refractivity contribution in [2.75, 3.05) is 0 Å². The van der Waals surface area contributed by atoms with E-state index in [9.17, 15) is 5.11 Å². The van der Waals surface area contributed by atoms with Gasteiger partial charge in [-0.1, -0.05) is 59.6 Å². The van der Waals surface area contributed by atoms with E-state index in [1.807, 2.05) is 49.4 Å². The third-order valence-electron chi connectivity index (χ3n) is 3.23. The van der Waals surface area contributed by atoms with Crippen molar-refractivity contribution in [1.29, 1.82) is 0 Å². The van der Waals surface area contributed by atoms with Gasteiger partial charge in [-0.2, -0.15) is 0 Å². The summed E-state index contributed by atoms with van der Waals surface area (Å²) in [7, 11) is 0. The molecule has 0 aliphatic carbocycles. The highest BCUT2D eigenvalue weighted by Gasteiger charge is 2.15. The molecule has 0 aromatic heterocycles. The Labute approximate surface area is 129 Å². The first kappa shape index (κ1) is 15.3. The predicted octanol–water partition coefficient (Wildman–Crippen LogP) is 4.21. The quantitative estimate of drug-likeness (QED) is 0.867. The lowest BCUT2D eigenvalue weighted by molar-refractivity contribution is 0.135. The standard InChI is InChI=1S/C16H17Cl2NO/c1-11(16(20)13-5-3-2-4-6-13)19-10-12-7-8-14(17)15(18)9-12/h2-9,11,16,19-20H,10H2,1H3/t11-,16+/m0/s1. The molecule has 0 aliphatic heterocycles. The highest BCUT2D eigenvalue weighted by Crippen LogP contribution is 2.23. The van der Waals surface area contributed by atoms with Crippen LogP contribution in [0, 0.1) is 0 Å². The lowest BCUT2D eigenvalue weighted by Crippen LogP contribution is -2.31. The summed E-state index contributed by atoms with van der Waals surface area (Å²) < 4.78 is 0. The summed E-state index contributed by atoms with van der Waals surface area (Å²) in [6.45, 7) is 2.58. The van der Waals surface area contributed by atoms with E-state index in [1.54, 1.807) is 6.07 Å². The number of aliphatic hydroxyl groups is 1. The van der Waals surface area contributed by atoms with Crippen LogP contribution in [0.4, 0.5) is 0 Å². The minimum atomic E-state index is -0.543. The van der Waals surface area contributed by atoms with Gasteiger partial charge in [0, 0.05) is 12.6 Å². The van der Waals surface area contributed by atoms with E-state index < -0.39 is 6.10 Å². The number of aliphatic hydroxyl groups excluding tert-OH is 1. The molecular weight excluding hydrogens is 293 g/mol. The first-order valence-electron chi connectivity index (χ1n) is 6.48. The Morgan fingerprint density at radius 2 is 1.75 bits per heavy atom. The van der Waals surface area contributed by atoms with E-state index in [0.717, 1.165) is 11.1 Å². The number of benzene rings is 2. The van der Waals surface area contributed by atoms with Gasteiger partial charge in [-0.15, -0.1) is 0 Å². The van der Waals surface area contributed by atoms with Crippen molar-refractivity contribution < 1.29 is 5.11 Å². The van der Waals surface area contributed by atoms with E-state index in [-0.39, 0.29) is 6.04 Å². The largest absolute Gasteiger partial charge is 0.387 e. The van der Waals surface area contributed by atoms with Gasteiger partial charge in [0.1, 0.15) is 0 Å². The topological polar surface area (TPSA) is 32.3 Å². The van der Waals surface area contributed by atoms with Crippen LogP contribution < -0.4 is 5.32 Å². The first-order chi connectivity index (χ1) is 9.58. The van der Waals surface area contributed by atoms with Crippen molar-refractivity contribution in [3.63, 3.8) is 0 Å². The molecule has 2 nitrogen and oxygen atoms in total. The second-order valence-corrected chi connectivity index (χ2v) is 5.59. The molecule has 2 atom stereocenters. The maximum atomic E-state index is 10.3. The fourth-order valence-corrected chi connectivity index (χ4v) is 2.30. The monoisotopic (exact) mass is 309 g/mol. The minimum absolute atomic E-state index is 0.0631. The molecule has 0 radical (unpaired) electrons. The van der Waals surface area contributed by atoms with E-state index >= 15 is 0 Å². The molecule has 0 bridgehead atoms. The Morgan fingerprint density at radius 3 is 2.40 bits per heavy atom. The van der Waals surface area contributed by atoms with Gasteiger partial charge in [-0.25, -0.2) is 0 Å². The number of hydrogen-bond acceptors (Lipinski definition) is 2. The average molecular weight is 310 g/mol. The number of halogens is 2. The van der Waals surface area contributed by atoms with Crippen molar-refractivity contribution in [2.45, 2.75) is 25.6 Å². The summed E-state index contributed by atoms with van der Waals surface area (Å²) in [6, 6.07) is 15.1. The summed E-state index contributed by atoms with van der Waals surface area (Å²) in [5.74, 6) is 0. The van der Waals surface area contributed by atoms with Crippen molar-refractivity contribution >= 4 is 23.2 Å². The number of hydrogen-bond donors (Lipinski definition) is 2. The Balaban J connectivity index is 1.94. The molecule has 0 saturated carbocycles. The van der Waals surface area contributed by atoms with Gasteiger partial charge in [0.15, 0.2) is 0 Å². The van der Waals surface area contributed by atoms with Gasteiger partial charge in [0.2, 0.25) is 0 Å². The lowest BCUT2D eigenvalue weighted by Gasteiger charge is -2.20. The Kier molecular flexibility index (Phi) is 5.44. The molecule has 0 fully saturated rings. The van der Waals surface area contributed by atoms with Crippen LogP contribution in [0.15, 0.2) is 48.5 Å². The highest BCUT2D eigenvalue weighted by atomic mass is 35.5. The van der Waals surface area contributed by atoms with Crippen LogP contribution in [0.2, 0.25) is 10.0 Å². The Morgan fingerprint density at radius 1 is 1.05 bits per heavy atom. The van der Waals surface area contributed by atoms with Crippen molar-refractivity contribution in [3.8, 4) is 0 Å². The number of rotatable bonds is 5. The van der Waals surface area contributed by atoms with Crippen molar-refractivity contribution in [3.05, 3.63) is 69.7 Å². The van der Waals surface area contributed by atoms with Crippen LogP contribution in [0.5, 0.6) is 0 Å². The molecule has 2 N–H and O–H groups in total. The first-order valence-corrected chi connectivity index (χ1v) is 7.24. The molecule has 0 unspecified atom stereocenters. The molecule has 4 heteroatoms. The SMILES string of the molecule is C[C@H](NCc1ccc(Cl)c(Cl)c1)[C@@H](O)c1ccccc1. The zero-order valence-electron chi connectivity index (χ0n) is 11.2. The molecule has 0 amide bonds. The maximum absolute atomic E-state index is 10.3. The Hall–Kier alpha value is -1.06. The van der Waals surface area contributed by atoms with Crippen molar-refractivity contribution in [1.82, 2.24) is 5.32 Å². The van der Waals surface area contributed by atoms with Gasteiger partial charge < -0.3 is 10.4 Å². The van der Waals surface area contributed by atoms with Crippen LogP contribution in [-0.4, -0.2) is 11.1 Å². The van der Waals surface area contributed by atoms with Crippen LogP contribution in [0.1, 0.15) is 24.2 Å². The lowest BCUT2D eigenvalue weighted by atomic mass is 10.0. The smallest absolute Gasteiger partial charge is 0.0940 e. The molecule has 20 heavy (non-hydrogen) atoms. The summed E-state index contributed by atoms with van der Waals surface area (Å²) in [6.07, 6.45) is -0.543. The van der Waals surface area contributed by atoms with E-state index in [4.69, 9.17) is 23.2 Å². The molecule has 0 aliphatic rings. The Bertz CT molecular complexity index is 560. The number of nitrogens with one attached hydrogen (secondary N) is 1. The third kappa shape index (κ3) is 3.97. The van der Waals surface area contributed by atoms with Gasteiger partial charge in [-0.3, -0.25) is 0 Å². The molecule has 2 rings (SSSR count). The molecular formula is C16H17Cl2NO. The highest BCUT2D eigenvalue weighted by molar-refractivity contribution is 6.42. The van der Waals surface area contributed by atoms with Crippen LogP contribution in [0.3, 0.4) is 0 Å². The zero-order chi connectivity index (χ0) is 14.5. The van der Waals surface area contributed by atoms with Crippen LogP contribution >= 0.6 is 23.2 Å². The van der Waals surface area contributed by atoms with E-state index in [0.29, 0.717) is 16.6 Å². The van der Waals surface area contributed by atoms with E-state index in [1.165, 1.54) is 0 Å². The van der Waals surface area contributed by atoms with Gasteiger partial charge in [-0.05, 0) is 30.2 Å². The summed E-state index contributed by atoms with van der Waals surface area (Å²) >= 11 is 11.9. The second-order valence-electron chi connectivity index (χ2n) is 4.77. The fraction of sp³-hybridized carbons (Fsp3) is 0.250. The molecule has 0 heterocycles. The second kappa shape index (κ2) is 7.09. The van der Waals surface area contributed by atoms with Crippen LogP contribution in [0.25, 0.3) is 0 Å². The molecule has 2 aromatic carbocycles. The van der Waals surface area contributed by atoms with Gasteiger partial charge in [0.25, 0.3) is 0 Å². The average Bonchev–Trinajstić information content (AvgIpc) is 2.48. The molecule has 0 spiro atoms. The summed E-state index contributed by atoms with van der Waals surface area (Å²) in [5.41, 5.74) is 1.94. The third-order valence-corrected chi connectivity index (χ3v) is 3.97. The van der Waals surface area contributed by atoms with Gasteiger partial charge in [0.05, 0.1) is 16.1 Å². The fourth-order valence-electron chi connectivity index (χ4n) is 1.98. The molecule has 0 saturated heterocycles. The summed E-state index contributed by atoms with van der Waals surface area (Å²) in [4.78, 5) is 0. The van der Waals surface area contributed by atoms with E-state index in [2.05, 4.69) is 5.32 Å². The maximum Gasteiger partial charge on any atom is 0.0940 e. The predicted molar refractivity (Wildman–Crippen MR) is 84.2 cm³/mol. The minimum Gasteiger partial charge on any atom is -0.387 e. The normalized spacial score (nSPS) is 14.0. The molecule has 106 valence electrons. The zero-order valence-corrected chi connectivity index (χ0v) is 12.7.